The maximum atomic E-state index is 12.5. The maximum absolute atomic E-state index is 12.5. The van der Waals surface area contributed by atoms with Gasteiger partial charge in [-0.3, -0.25) is 10.1 Å². The van der Waals surface area contributed by atoms with Gasteiger partial charge in [-0.1, -0.05) is 66.2 Å². The van der Waals surface area contributed by atoms with Gasteiger partial charge in [0.25, 0.3) is 11.9 Å². The summed E-state index contributed by atoms with van der Waals surface area (Å²) >= 11 is 5.91. The monoisotopic (exact) mass is 483 g/mol. The highest BCUT2D eigenvalue weighted by atomic mass is 35.5. The van der Waals surface area contributed by atoms with Crippen molar-refractivity contribution in [1.82, 2.24) is 14.8 Å². The van der Waals surface area contributed by atoms with Crippen molar-refractivity contribution in [1.29, 1.82) is 0 Å². The zero-order valence-corrected chi connectivity index (χ0v) is 19.6. The second-order valence-electron chi connectivity index (χ2n) is 7.87. The van der Waals surface area contributed by atoms with Crippen LogP contribution in [0.5, 0.6) is 5.75 Å². The van der Waals surface area contributed by atoms with Gasteiger partial charge in [0.2, 0.25) is 5.95 Å². The van der Waals surface area contributed by atoms with E-state index < -0.39 is 0 Å². The van der Waals surface area contributed by atoms with Crippen molar-refractivity contribution in [2.45, 2.75) is 6.04 Å². The van der Waals surface area contributed by atoms with Gasteiger partial charge in [0.15, 0.2) is 0 Å². The number of methoxy groups -OCH3 is 1. The van der Waals surface area contributed by atoms with Crippen molar-refractivity contribution in [3.05, 3.63) is 113 Å². The molecule has 8 heteroatoms. The molecule has 1 atom stereocenters. The zero-order chi connectivity index (χ0) is 24.2. The molecule has 1 unspecified atom stereocenters. The number of ether oxygens (including phenoxy) is 1. The molecule has 2 N–H and O–H groups in total. The first-order valence-corrected chi connectivity index (χ1v) is 11.4. The van der Waals surface area contributed by atoms with Crippen LogP contribution in [0.15, 0.2) is 91.0 Å². The second-order valence-corrected chi connectivity index (χ2v) is 8.30. The molecular weight excluding hydrogens is 462 g/mol. The smallest absolute Gasteiger partial charge is 0.250 e. The highest BCUT2D eigenvalue weighted by Crippen LogP contribution is 2.33. The lowest BCUT2D eigenvalue weighted by atomic mass is 10.0. The molecule has 7 nitrogen and oxygen atoms in total. The van der Waals surface area contributed by atoms with E-state index >= 15 is 0 Å². The quantitative estimate of drug-likeness (QED) is 0.346. The minimum absolute atomic E-state index is 0.208. The van der Waals surface area contributed by atoms with Gasteiger partial charge < -0.3 is 10.1 Å². The fraction of sp³-hybridized carbons (Fsp3) is 0.0741. The summed E-state index contributed by atoms with van der Waals surface area (Å²) in [6.45, 7) is 0. The molecule has 35 heavy (non-hydrogen) atoms. The molecule has 0 saturated heterocycles. The molecule has 0 radical (unpaired) electrons. The Hall–Kier alpha value is -4.36. The van der Waals surface area contributed by atoms with Gasteiger partial charge in [0.05, 0.1) is 7.11 Å². The number of amides is 1. The summed E-state index contributed by atoms with van der Waals surface area (Å²) in [6.07, 6.45) is 5.23. The van der Waals surface area contributed by atoms with E-state index in [-0.39, 0.29) is 17.9 Å². The Morgan fingerprint density at radius 1 is 1.06 bits per heavy atom. The van der Waals surface area contributed by atoms with E-state index in [1.165, 1.54) is 6.08 Å². The molecule has 1 amide bonds. The Balaban J connectivity index is 1.42. The van der Waals surface area contributed by atoms with E-state index in [1.807, 2.05) is 66.7 Å². The van der Waals surface area contributed by atoms with Gasteiger partial charge in [0.1, 0.15) is 11.8 Å². The van der Waals surface area contributed by atoms with E-state index in [2.05, 4.69) is 26.8 Å². The molecule has 1 aliphatic heterocycles. The second kappa shape index (κ2) is 9.87. The molecule has 174 valence electrons. The van der Waals surface area contributed by atoms with Crippen LogP contribution in [0.2, 0.25) is 5.02 Å². The summed E-state index contributed by atoms with van der Waals surface area (Å²) < 4.78 is 7.06. The molecule has 0 aliphatic carbocycles. The number of halogens is 1. The van der Waals surface area contributed by atoms with Gasteiger partial charge in [-0.25, -0.2) is 4.68 Å². The lowest BCUT2D eigenvalue weighted by Crippen LogP contribution is -2.20. The van der Waals surface area contributed by atoms with E-state index in [0.717, 1.165) is 28.1 Å². The number of benzene rings is 3. The number of nitrogens with zero attached hydrogens (tertiary/aromatic N) is 3. The zero-order valence-electron chi connectivity index (χ0n) is 18.9. The van der Waals surface area contributed by atoms with Crippen molar-refractivity contribution in [3.8, 4) is 5.75 Å². The van der Waals surface area contributed by atoms with Gasteiger partial charge in [-0.2, -0.15) is 4.98 Å². The third-order valence-corrected chi connectivity index (χ3v) is 5.79. The van der Waals surface area contributed by atoms with Crippen LogP contribution < -0.4 is 15.4 Å². The number of allylic oxidation sites excluding steroid dienone is 1. The van der Waals surface area contributed by atoms with E-state index in [0.29, 0.717) is 11.0 Å². The molecular formula is C27H22ClN5O2. The number of fused-ring (bicyclic) bond motifs is 1. The van der Waals surface area contributed by atoms with Gasteiger partial charge >= 0.3 is 0 Å². The highest BCUT2D eigenvalue weighted by Gasteiger charge is 2.25. The Morgan fingerprint density at radius 3 is 2.51 bits per heavy atom. The third-order valence-electron chi connectivity index (χ3n) is 5.54. The fourth-order valence-electron chi connectivity index (χ4n) is 3.77. The number of carbonyl (C=O) groups excluding carboxylic acids is 1. The summed E-state index contributed by atoms with van der Waals surface area (Å²) in [7, 11) is 1.64. The van der Waals surface area contributed by atoms with E-state index in [1.54, 1.807) is 30.0 Å². The number of carbonyl (C=O) groups is 1. The van der Waals surface area contributed by atoms with Gasteiger partial charge in [-0.05, 0) is 53.1 Å². The van der Waals surface area contributed by atoms with Crippen molar-refractivity contribution in [2.24, 2.45) is 0 Å². The first kappa shape index (κ1) is 22.4. The van der Waals surface area contributed by atoms with Crippen LogP contribution >= 0.6 is 11.6 Å². The fourth-order valence-corrected chi connectivity index (χ4v) is 3.89. The summed E-state index contributed by atoms with van der Waals surface area (Å²) in [5.74, 6) is 1.18. The van der Waals surface area contributed by atoms with Crippen molar-refractivity contribution >= 4 is 41.2 Å². The summed E-state index contributed by atoms with van der Waals surface area (Å²) in [5.41, 5.74) is 3.80. The lowest BCUT2D eigenvalue weighted by Gasteiger charge is -2.24. The van der Waals surface area contributed by atoms with Crippen molar-refractivity contribution in [3.63, 3.8) is 0 Å². The van der Waals surface area contributed by atoms with Gasteiger partial charge in [-0.15, -0.1) is 5.10 Å². The minimum atomic E-state index is -0.333. The molecule has 1 aromatic heterocycles. The number of hydrogen-bond acceptors (Lipinski definition) is 5. The Morgan fingerprint density at radius 2 is 1.80 bits per heavy atom. The molecule has 2 heterocycles. The molecule has 0 spiro atoms. The van der Waals surface area contributed by atoms with Crippen LogP contribution in [0.1, 0.15) is 22.7 Å². The maximum Gasteiger partial charge on any atom is 0.250 e. The van der Waals surface area contributed by atoms with E-state index in [4.69, 9.17) is 16.3 Å². The third kappa shape index (κ3) is 5.10. The van der Waals surface area contributed by atoms with Crippen LogP contribution in [0.25, 0.3) is 11.8 Å². The molecule has 3 aromatic carbocycles. The van der Waals surface area contributed by atoms with Crippen LogP contribution in [0.3, 0.4) is 0 Å². The standard InChI is InChI=1S/C27H22ClN5O2/c1-35-22-14-10-20(11-15-22)24-17-23(19-5-3-2-4-6-19)29-27-31-26(32-33(24)27)30-25(34)16-9-18-7-12-21(28)13-8-18/h2-17,24H,1H3,(H2,29,30,31,32,34). The molecule has 0 bridgehead atoms. The van der Waals surface area contributed by atoms with Gasteiger partial charge in [0, 0.05) is 16.8 Å². The summed E-state index contributed by atoms with van der Waals surface area (Å²) in [5, 5.41) is 11.3. The Bertz CT molecular complexity index is 1390. The minimum Gasteiger partial charge on any atom is -0.497 e. The SMILES string of the molecule is COc1ccc(C2C=C(c3ccccc3)Nc3nc(NC(=O)C=Cc4ccc(Cl)cc4)nn32)cc1. The van der Waals surface area contributed by atoms with Crippen LogP contribution in [0.4, 0.5) is 11.9 Å². The van der Waals surface area contributed by atoms with Crippen LogP contribution in [-0.2, 0) is 4.79 Å². The largest absolute Gasteiger partial charge is 0.497 e. The highest BCUT2D eigenvalue weighted by molar-refractivity contribution is 6.30. The number of anilines is 2. The number of aromatic nitrogens is 3. The molecule has 1 aliphatic rings. The molecule has 0 saturated carbocycles. The topological polar surface area (TPSA) is 81.1 Å². The number of rotatable bonds is 6. The predicted octanol–water partition coefficient (Wildman–Crippen LogP) is 5.65. The first-order valence-electron chi connectivity index (χ1n) is 11.0. The molecule has 5 rings (SSSR count). The van der Waals surface area contributed by atoms with Crippen LogP contribution in [-0.4, -0.2) is 27.8 Å². The Labute approximate surface area is 207 Å². The first-order chi connectivity index (χ1) is 17.1. The normalized spacial score (nSPS) is 14.7. The summed E-state index contributed by atoms with van der Waals surface area (Å²) in [6, 6.07) is 24.8. The molecule has 0 fully saturated rings. The Kier molecular flexibility index (Phi) is 6.32. The lowest BCUT2D eigenvalue weighted by molar-refractivity contribution is -0.111. The average molecular weight is 484 g/mol. The van der Waals surface area contributed by atoms with E-state index in [9.17, 15) is 4.79 Å². The van der Waals surface area contributed by atoms with Crippen molar-refractivity contribution in [2.75, 3.05) is 17.7 Å². The van der Waals surface area contributed by atoms with Crippen molar-refractivity contribution < 1.29 is 9.53 Å². The summed E-state index contributed by atoms with van der Waals surface area (Å²) in [4.78, 5) is 17.0. The number of nitrogens with one attached hydrogen (secondary N) is 2. The predicted molar refractivity (Wildman–Crippen MR) is 138 cm³/mol. The average Bonchev–Trinajstić information content (AvgIpc) is 3.30. The number of hydrogen-bond donors (Lipinski definition) is 2. The molecule has 4 aromatic rings. The van der Waals surface area contributed by atoms with Crippen LogP contribution in [0, 0.1) is 0 Å².